The number of aryl methyl sites for hydroxylation is 1. The summed E-state index contributed by atoms with van der Waals surface area (Å²) in [4.78, 5) is 9.00. The van der Waals surface area contributed by atoms with E-state index in [9.17, 15) is 0 Å². The molecule has 4 nitrogen and oxygen atoms in total. The normalized spacial score (nSPS) is 10.8. The third-order valence-corrected chi connectivity index (χ3v) is 4.46. The Morgan fingerprint density at radius 1 is 0.846 bits per heavy atom. The Bertz CT molecular complexity index is 541. The second-order valence-corrected chi connectivity index (χ2v) is 6.74. The zero-order chi connectivity index (χ0) is 18.5. The molecular formula is C22H32N2O2. The van der Waals surface area contributed by atoms with Gasteiger partial charge in [-0.25, -0.2) is 9.97 Å². The van der Waals surface area contributed by atoms with Gasteiger partial charge in [-0.3, -0.25) is 0 Å². The molecule has 0 aliphatic heterocycles. The molecule has 0 atom stereocenters. The summed E-state index contributed by atoms with van der Waals surface area (Å²) in [7, 11) is 0. The van der Waals surface area contributed by atoms with E-state index in [0.717, 1.165) is 62.3 Å². The minimum Gasteiger partial charge on any atom is -0.494 e. The van der Waals surface area contributed by atoms with Gasteiger partial charge >= 0.3 is 0 Å². The molecule has 0 radical (unpaired) electrons. The molecule has 0 amide bonds. The topological polar surface area (TPSA) is 55.2 Å². The molecule has 0 saturated heterocycles. The molecule has 0 aliphatic rings. The third kappa shape index (κ3) is 7.52. The van der Waals surface area contributed by atoms with E-state index in [1.807, 2.05) is 36.7 Å². The van der Waals surface area contributed by atoms with Crippen molar-refractivity contribution >= 4 is 0 Å². The number of nitrogens with zero attached hydrogens (tertiary/aromatic N) is 2. The molecule has 142 valence electrons. The third-order valence-electron chi connectivity index (χ3n) is 4.46. The van der Waals surface area contributed by atoms with Crippen molar-refractivity contribution < 1.29 is 9.84 Å². The first kappa shape index (κ1) is 20.4. The van der Waals surface area contributed by atoms with Crippen molar-refractivity contribution in [3.05, 3.63) is 42.2 Å². The van der Waals surface area contributed by atoms with E-state index in [1.165, 1.54) is 24.8 Å². The Labute approximate surface area is 157 Å². The predicted octanol–water partition coefficient (Wildman–Crippen LogP) is 5.20. The first-order chi connectivity index (χ1) is 12.8. The Hall–Kier alpha value is -1.94. The van der Waals surface area contributed by atoms with E-state index in [-0.39, 0.29) is 0 Å². The van der Waals surface area contributed by atoms with Gasteiger partial charge in [0.1, 0.15) is 5.75 Å². The van der Waals surface area contributed by atoms with Crippen molar-refractivity contribution in [1.82, 2.24) is 9.97 Å². The van der Waals surface area contributed by atoms with Gasteiger partial charge < -0.3 is 9.84 Å². The number of rotatable bonds is 13. The monoisotopic (exact) mass is 356 g/mol. The van der Waals surface area contributed by atoms with Crippen LogP contribution in [0, 0.1) is 0 Å². The fourth-order valence-electron chi connectivity index (χ4n) is 2.85. The number of aliphatic hydroxyl groups excluding tert-OH is 1. The number of aromatic nitrogens is 2. The van der Waals surface area contributed by atoms with E-state index in [1.54, 1.807) is 0 Å². The maximum Gasteiger partial charge on any atom is 0.159 e. The molecule has 2 aromatic rings. The zero-order valence-electron chi connectivity index (χ0n) is 16.0. The van der Waals surface area contributed by atoms with Crippen LogP contribution in [0.25, 0.3) is 11.4 Å². The molecule has 1 aromatic heterocycles. The summed E-state index contributed by atoms with van der Waals surface area (Å²) in [6.45, 7) is 3.29. The lowest BCUT2D eigenvalue weighted by Crippen LogP contribution is -1.97. The Balaban J connectivity index is 1.77. The molecule has 0 spiro atoms. The van der Waals surface area contributed by atoms with Crippen LogP contribution in [0.2, 0.25) is 0 Å². The highest BCUT2D eigenvalue weighted by molar-refractivity contribution is 5.55. The fraction of sp³-hybridized carbons (Fsp3) is 0.545. The van der Waals surface area contributed by atoms with Gasteiger partial charge in [-0.1, -0.05) is 39.0 Å². The predicted molar refractivity (Wildman–Crippen MR) is 106 cm³/mol. The number of hydrogen-bond acceptors (Lipinski definition) is 4. The smallest absolute Gasteiger partial charge is 0.159 e. The van der Waals surface area contributed by atoms with E-state index < -0.39 is 0 Å². The second-order valence-electron chi connectivity index (χ2n) is 6.74. The largest absolute Gasteiger partial charge is 0.494 e. The van der Waals surface area contributed by atoms with Crippen LogP contribution in [0.15, 0.2) is 36.7 Å². The van der Waals surface area contributed by atoms with Gasteiger partial charge in [0.15, 0.2) is 5.82 Å². The summed E-state index contributed by atoms with van der Waals surface area (Å²) in [5.74, 6) is 1.66. The maximum absolute atomic E-state index is 8.78. The summed E-state index contributed by atoms with van der Waals surface area (Å²) in [6.07, 6.45) is 14.0. The van der Waals surface area contributed by atoms with E-state index in [4.69, 9.17) is 9.84 Å². The average molecular weight is 357 g/mol. The first-order valence-electron chi connectivity index (χ1n) is 9.98. The molecule has 0 fully saturated rings. The molecule has 4 heteroatoms. The molecule has 1 N–H and O–H groups in total. The first-order valence-corrected chi connectivity index (χ1v) is 9.98. The van der Waals surface area contributed by atoms with Gasteiger partial charge in [-0.2, -0.15) is 0 Å². The van der Waals surface area contributed by atoms with Crippen molar-refractivity contribution in [2.45, 2.75) is 64.7 Å². The van der Waals surface area contributed by atoms with Crippen molar-refractivity contribution in [3.63, 3.8) is 0 Å². The van der Waals surface area contributed by atoms with Crippen molar-refractivity contribution in [2.75, 3.05) is 13.2 Å². The van der Waals surface area contributed by atoms with Gasteiger partial charge in [-0.05, 0) is 55.5 Å². The van der Waals surface area contributed by atoms with Crippen LogP contribution in [0.3, 0.4) is 0 Å². The second kappa shape index (κ2) is 12.4. The minimum atomic E-state index is 0.292. The highest BCUT2D eigenvalue weighted by Gasteiger charge is 2.03. The van der Waals surface area contributed by atoms with Crippen LogP contribution < -0.4 is 4.74 Å². The highest BCUT2D eigenvalue weighted by atomic mass is 16.5. The Kier molecular flexibility index (Phi) is 9.73. The average Bonchev–Trinajstić information content (AvgIpc) is 2.69. The van der Waals surface area contributed by atoms with Crippen LogP contribution in [0.4, 0.5) is 0 Å². The highest BCUT2D eigenvalue weighted by Crippen LogP contribution is 2.20. The van der Waals surface area contributed by atoms with Crippen LogP contribution >= 0.6 is 0 Å². The number of hydrogen-bond donors (Lipinski definition) is 1. The molecule has 1 aromatic carbocycles. The summed E-state index contributed by atoms with van der Waals surface area (Å²) in [5.41, 5.74) is 2.18. The van der Waals surface area contributed by atoms with Gasteiger partial charge in [0.2, 0.25) is 0 Å². The van der Waals surface area contributed by atoms with E-state index in [0.29, 0.717) is 6.61 Å². The molecule has 0 aliphatic carbocycles. The molecular weight excluding hydrogens is 324 g/mol. The van der Waals surface area contributed by atoms with Crippen LogP contribution in [0.1, 0.15) is 63.9 Å². The molecule has 26 heavy (non-hydrogen) atoms. The molecule has 1 heterocycles. The Morgan fingerprint density at radius 2 is 1.54 bits per heavy atom. The summed E-state index contributed by atoms with van der Waals surface area (Å²) < 4.78 is 5.78. The van der Waals surface area contributed by atoms with Crippen molar-refractivity contribution in [1.29, 1.82) is 0 Å². The maximum atomic E-state index is 8.78. The lowest BCUT2D eigenvalue weighted by Gasteiger charge is -2.07. The Morgan fingerprint density at radius 3 is 2.23 bits per heavy atom. The standard InChI is InChI=1S/C22H32N2O2/c1-2-3-4-9-16-26-21-13-11-20(12-14-21)22-23-17-19(18-24-22)10-7-5-6-8-15-25/h11-14,17-18,25H,2-10,15-16H2,1H3. The lowest BCUT2D eigenvalue weighted by atomic mass is 10.1. The summed E-state index contributed by atoms with van der Waals surface area (Å²) in [6, 6.07) is 8.03. The quantitative estimate of drug-likeness (QED) is 0.501. The lowest BCUT2D eigenvalue weighted by molar-refractivity contribution is 0.282. The van der Waals surface area contributed by atoms with Gasteiger partial charge in [0.25, 0.3) is 0 Å². The minimum absolute atomic E-state index is 0.292. The molecule has 0 bridgehead atoms. The van der Waals surface area contributed by atoms with Crippen molar-refractivity contribution in [3.8, 4) is 17.1 Å². The number of aliphatic hydroxyl groups is 1. The van der Waals surface area contributed by atoms with Gasteiger partial charge in [0.05, 0.1) is 6.61 Å². The van der Waals surface area contributed by atoms with Crippen molar-refractivity contribution in [2.24, 2.45) is 0 Å². The summed E-state index contributed by atoms with van der Waals surface area (Å²) >= 11 is 0. The van der Waals surface area contributed by atoms with E-state index >= 15 is 0 Å². The molecule has 2 rings (SSSR count). The van der Waals surface area contributed by atoms with Gasteiger partial charge in [-0.15, -0.1) is 0 Å². The van der Waals surface area contributed by atoms with Crippen LogP contribution in [-0.2, 0) is 6.42 Å². The molecule has 0 unspecified atom stereocenters. The fourth-order valence-corrected chi connectivity index (χ4v) is 2.85. The van der Waals surface area contributed by atoms with Crippen LogP contribution in [-0.4, -0.2) is 28.3 Å². The van der Waals surface area contributed by atoms with Crippen LogP contribution in [0.5, 0.6) is 5.75 Å². The number of ether oxygens (including phenoxy) is 1. The van der Waals surface area contributed by atoms with Gasteiger partial charge in [0, 0.05) is 24.6 Å². The SMILES string of the molecule is CCCCCCOc1ccc(-c2ncc(CCCCCCO)cn2)cc1. The summed E-state index contributed by atoms with van der Waals surface area (Å²) in [5, 5.41) is 8.78. The zero-order valence-corrected chi connectivity index (χ0v) is 16.0. The molecule has 0 saturated carbocycles. The van der Waals surface area contributed by atoms with E-state index in [2.05, 4.69) is 16.9 Å². The number of unbranched alkanes of at least 4 members (excludes halogenated alkanes) is 6. The number of benzene rings is 1.